The second-order valence-electron chi connectivity index (χ2n) is 3.15. The van der Waals surface area contributed by atoms with Crippen molar-refractivity contribution in [1.29, 1.82) is 0 Å². The Morgan fingerprint density at radius 2 is 1.75 bits per heavy atom. The van der Waals surface area contributed by atoms with Crippen LogP contribution in [0.25, 0.3) is 0 Å². The Bertz CT molecular complexity index is 324. The van der Waals surface area contributed by atoms with Gasteiger partial charge in [0.15, 0.2) is 0 Å². The average molecular weight is 226 g/mol. The normalized spacial score (nSPS) is 11.6. The molecule has 2 rings (SSSR count). The third kappa shape index (κ3) is 3.12. The molecule has 0 saturated carbocycles. The number of hydrogen-bond acceptors (Lipinski definition) is 2. The van der Waals surface area contributed by atoms with Gasteiger partial charge in [-0.05, 0) is 24.6 Å². The third-order valence-electron chi connectivity index (χ3n) is 2.19. The Morgan fingerprint density at radius 3 is 2.31 bits per heavy atom. The van der Waals surface area contributed by atoms with E-state index in [9.17, 15) is 4.39 Å². The fraction of sp³-hybridized carbons (Fsp3) is 0.538. The van der Waals surface area contributed by atoms with Crippen molar-refractivity contribution in [2.24, 2.45) is 0 Å². The first kappa shape index (κ1) is 14.8. The molecule has 0 radical (unpaired) electrons. The quantitative estimate of drug-likeness (QED) is 0.719. The highest BCUT2D eigenvalue weighted by Crippen LogP contribution is 2.31. The van der Waals surface area contributed by atoms with E-state index in [2.05, 4.69) is 5.32 Å². The fourth-order valence-corrected chi connectivity index (χ4v) is 1.42. The number of anilines is 2. The van der Waals surface area contributed by atoms with Crippen LogP contribution in [0.4, 0.5) is 15.8 Å². The fourth-order valence-electron chi connectivity index (χ4n) is 1.42. The van der Waals surface area contributed by atoms with Gasteiger partial charge in [-0.2, -0.15) is 0 Å². The zero-order valence-corrected chi connectivity index (χ0v) is 11.2. The molecule has 0 spiro atoms. The van der Waals surface area contributed by atoms with Crippen LogP contribution in [-0.2, 0) is 0 Å². The highest BCUT2D eigenvalue weighted by Gasteiger charge is 2.16. The Morgan fingerprint density at radius 1 is 1.19 bits per heavy atom. The van der Waals surface area contributed by atoms with Gasteiger partial charge >= 0.3 is 0 Å². The summed E-state index contributed by atoms with van der Waals surface area (Å²) in [5.41, 5.74) is 2.66. The van der Waals surface area contributed by atoms with Crippen molar-refractivity contribution in [2.75, 3.05) is 23.9 Å². The van der Waals surface area contributed by atoms with Crippen LogP contribution in [0.1, 0.15) is 33.3 Å². The van der Waals surface area contributed by atoms with Crippen LogP contribution >= 0.6 is 0 Å². The van der Waals surface area contributed by atoms with Gasteiger partial charge < -0.3 is 10.2 Å². The molecule has 2 nitrogen and oxygen atoms in total. The summed E-state index contributed by atoms with van der Waals surface area (Å²) < 4.78 is 13.1. The lowest BCUT2D eigenvalue weighted by Gasteiger charge is -2.09. The van der Waals surface area contributed by atoms with E-state index in [-0.39, 0.29) is 5.82 Å². The molecule has 0 atom stereocenters. The Labute approximate surface area is 98.5 Å². The predicted molar refractivity (Wildman–Crippen MR) is 70.7 cm³/mol. The van der Waals surface area contributed by atoms with Crippen molar-refractivity contribution in [3.63, 3.8) is 0 Å². The maximum absolute atomic E-state index is 13.1. The average Bonchev–Trinajstić information content (AvgIpc) is 2.67. The topological polar surface area (TPSA) is 15.3 Å². The summed E-state index contributed by atoms with van der Waals surface area (Å²) in [6.45, 7) is 10.5. The van der Waals surface area contributed by atoms with Crippen molar-refractivity contribution >= 4 is 11.4 Å². The molecule has 0 aliphatic carbocycles. The Hall–Kier alpha value is -1.25. The number of hydrogen-bond donors (Lipinski definition) is 1. The van der Waals surface area contributed by atoms with Gasteiger partial charge in [0.1, 0.15) is 5.82 Å². The zero-order valence-electron chi connectivity index (χ0n) is 11.2. The summed E-state index contributed by atoms with van der Waals surface area (Å²) in [6, 6.07) is 3.42. The minimum atomic E-state index is -0.135. The first-order valence-corrected chi connectivity index (χ1v) is 5.93. The van der Waals surface area contributed by atoms with Crippen LogP contribution in [0.15, 0.2) is 12.1 Å². The van der Waals surface area contributed by atoms with Gasteiger partial charge in [0.2, 0.25) is 0 Å². The van der Waals surface area contributed by atoms with Gasteiger partial charge in [0.05, 0.1) is 18.0 Å². The first-order chi connectivity index (χ1) is 7.68. The smallest absolute Gasteiger partial charge is 0.128 e. The van der Waals surface area contributed by atoms with Gasteiger partial charge in [-0.1, -0.05) is 27.7 Å². The van der Waals surface area contributed by atoms with Crippen molar-refractivity contribution in [1.82, 2.24) is 0 Å². The summed E-state index contributed by atoms with van der Waals surface area (Å²) in [7, 11) is 1.94. The number of rotatable bonds is 0. The monoisotopic (exact) mass is 226 g/mol. The van der Waals surface area contributed by atoms with Gasteiger partial charge in [-0.3, -0.25) is 0 Å². The van der Waals surface area contributed by atoms with Crippen molar-refractivity contribution in [3.8, 4) is 0 Å². The van der Waals surface area contributed by atoms with Gasteiger partial charge in [0.25, 0.3) is 0 Å². The molecule has 0 saturated heterocycles. The molecule has 1 aromatic carbocycles. The molecule has 92 valence electrons. The maximum atomic E-state index is 13.1. The third-order valence-corrected chi connectivity index (χ3v) is 2.19. The van der Waals surface area contributed by atoms with Crippen molar-refractivity contribution < 1.29 is 4.39 Å². The van der Waals surface area contributed by atoms with Crippen LogP contribution in [0.2, 0.25) is 0 Å². The van der Waals surface area contributed by atoms with Crippen molar-refractivity contribution in [2.45, 2.75) is 34.6 Å². The molecule has 1 aromatic rings. The van der Waals surface area contributed by atoms with Crippen LogP contribution < -0.4 is 10.2 Å². The van der Waals surface area contributed by atoms with Gasteiger partial charge in [-0.15, -0.1) is 0 Å². The molecular formula is C13H23FN2. The van der Waals surface area contributed by atoms with E-state index < -0.39 is 0 Å². The molecule has 3 heteroatoms. The molecule has 0 aromatic heterocycles. The SMILES string of the molecule is CC.CC.Cc1cc2c(cc1F)N(C)CN2. The van der Waals surface area contributed by atoms with Crippen LogP contribution in [0.5, 0.6) is 0 Å². The minimum absolute atomic E-state index is 0.135. The molecule has 1 aliphatic heterocycles. The second-order valence-corrected chi connectivity index (χ2v) is 3.15. The number of nitrogens with one attached hydrogen (secondary N) is 1. The van der Waals surface area contributed by atoms with E-state index in [1.54, 1.807) is 13.0 Å². The van der Waals surface area contributed by atoms with Crippen molar-refractivity contribution in [3.05, 3.63) is 23.5 Å². The van der Waals surface area contributed by atoms with E-state index in [4.69, 9.17) is 0 Å². The Balaban J connectivity index is 0.000000509. The molecule has 1 heterocycles. The summed E-state index contributed by atoms with van der Waals surface area (Å²) in [5.74, 6) is -0.135. The number of fused-ring (bicyclic) bond motifs is 1. The predicted octanol–water partition coefficient (Wildman–Crippen LogP) is 4.01. The highest BCUT2D eigenvalue weighted by atomic mass is 19.1. The van der Waals surface area contributed by atoms with E-state index in [1.165, 1.54) is 0 Å². The molecular weight excluding hydrogens is 203 g/mol. The van der Waals surface area contributed by atoms with Crippen LogP contribution in [0.3, 0.4) is 0 Å². The zero-order chi connectivity index (χ0) is 12.7. The molecule has 0 fully saturated rings. The van der Waals surface area contributed by atoms with E-state index in [0.29, 0.717) is 5.56 Å². The number of benzene rings is 1. The number of halogens is 1. The minimum Gasteiger partial charge on any atom is -0.366 e. The number of nitrogens with zero attached hydrogens (tertiary/aromatic N) is 1. The Kier molecular flexibility index (Phi) is 6.54. The molecule has 0 bridgehead atoms. The molecule has 1 aliphatic rings. The lowest BCUT2D eigenvalue weighted by atomic mass is 10.2. The van der Waals surface area contributed by atoms with Gasteiger partial charge in [-0.25, -0.2) is 4.39 Å². The lowest BCUT2D eigenvalue weighted by molar-refractivity contribution is 0.619. The summed E-state index contributed by atoms with van der Waals surface area (Å²) in [6.07, 6.45) is 0. The van der Waals surface area contributed by atoms with Crippen LogP contribution in [-0.4, -0.2) is 13.7 Å². The standard InChI is InChI=1S/C9H11FN2.2C2H6/c1-6-3-8-9(4-7(6)10)12(2)5-11-8;2*1-2/h3-4,11H,5H2,1-2H3;2*1-2H3. The summed E-state index contributed by atoms with van der Waals surface area (Å²) >= 11 is 0. The molecule has 16 heavy (non-hydrogen) atoms. The van der Waals surface area contributed by atoms with E-state index in [1.807, 2.05) is 45.7 Å². The summed E-state index contributed by atoms with van der Waals surface area (Å²) in [4.78, 5) is 1.98. The molecule has 1 N–H and O–H groups in total. The molecule has 0 unspecified atom stereocenters. The van der Waals surface area contributed by atoms with E-state index >= 15 is 0 Å². The van der Waals surface area contributed by atoms with E-state index in [0.717, 1.165) is 18.0 Å². The largest absolute Gasteiger partial charge is 0.366 e. The first-order valence-electron chi connectivity index (χ1n) is 5.93. The molecule has 0 amide bonds. The lowest BCUT2D eigenvalue weighted by Crippen LogP contribution is -2.15. The van der Waals surface area contributed by atoms with Crippen LogP contribution in [0, 0.1) is 12.7 Å². The number of aryl methyl sites for hydroxylation is 1. The summed E-state index contributed by atoms with van der Waals surface area (Å²) in [5, 5.41) is 3.18. The maximum Gasteiger partial charge on any atom is 0.128 e. The van der Waals surface area contributed by atoms with Gasteiger partial charge in [0, 0.05) is 7.05 Å². The second kappa shape index (κ2) is 7.09. The highest BCUT2D eigenvalue weighted by molar-refractivity contribution is 5.75.